The van der Waals surface area contributed by atoms with Crippen LogP contribution in [0.25, 0.3) is 0 Å². The predicted octanol–water partition coefficient (Wildman–Crippen LogP) is 1.77. The number of nitrogens with one attached hydrogen (secondary N) is 2. The maximum Gasteiger partial charge on any atom is 0.331 e. The number of rotatable bonds is 5. The van der Waals surface area contributed by atoms with Gasteiger partial charge in [0.2, 0.25) is 5.91 Å². The number of ether oxygens (including phenoxy) is 1. The van der Waals surface area contributed by atoms with Gasteiger partial charge in [-0.05, 0) is 37.2 Å². The van der Waals surface area contributed by atoms with Crippen LogP contribution in [-0.4, -0.2) is 47.4 Å². The number of aryl methyl sites for hydroxylation is 1. The SMILES string of the molecule is CCC1CCC(NC(=O)[C@H]2CNC[C@@H]2c2cnn(C)c2)(C(=O)OC)CC1.Cl. The molecule has 0 unspecified atom stereocenters. The van der Waals surface area contributed by atoms with Gasteiger partial charge >= 0.3 is 5.97 Å². The molecule has 2 aliphatic rings. The van der Waals surface area contributed by atoms with Crippen molar-refractivity contribution in [2.75, 3.05) is 20.2 Å². The molecule has 2 atom stereocenters. The van der Waals surface area contributed by atoms with E-state index in [1.165, 1.54) is 7.11 Å². The van der Waals surface area contributed by atoms with Crippen molar-refractivity contribution in [1.82, 2.24) is 20.4 Å². The summed E-state index contributed by atoms with van der Waals surface area (Å²) in [5.41, 5.74) is 0.180. The predicted molar refractivity (Wildman–Crippen MR) is 105 cm³/mol. The number of aromatic nitrogens is 2. The number of carbonyl (C=O) groups is 2. The normalized spacial score (nSPS) is 30.4. The number of nitrogens with zero attached hydrogens (tertiary/aromatic N) is 2. The molecule has 1 aliphatic heterocycles. The number of carbonyl (C=O) groups excluding carboxylic acids is 2. The van der Waals surface area contributed by atoms with Gasteiger partial charge in [-0.15, -0.1) is 12.4 Å². The molecule has 1 amide bonds. The Hall–Kier alpha value is -1.60. The van der Waals surface area contributed by atoms with Crippen molar-refractivity contribution < 1.29 is 14.3 Å². The third-order valence-electron chi connectivity index (χ3n) is 6.18. The lowest BCUT2D eigenvalue weighted by Gasteiger charge is -2.39. The standard InChI is InChI=1S/C19H30N4O3.ClH/c1-4-13-5-7-19(8-6-13,18(25)26-3)22-17(24)16-11-20-10-15(16)14-9-21-23(2)12-14;/h9,12-13,15-16,20H,4-8,10-11H2,1-3H3,(H,22,24);1H/t13?,15-,16+,19?;/m1./s1. The third kappa shape index (κ3) is 4.46. The second-order valence-corrected chi connectivity index (χ2v) is 7.73. The minimum Gasteiger partial charge on any atom is -0.467 e. The fourth-order valence-electron chi connectivity index (χ4n) is 4.42. The van der Waals surface area contributed by atoms with E-state index < -0.39 is 5.54 Å². The summed E-state index contributed by atoms with van der Waals surface area (Å²) in [6.45, 7) is 3.53. The zero-order chi connectivity index (χ0) is 18.7. The van der Waals surface area contributed by atoms with E-state index in [1.54, 1.807) is 4.68 Å². The van der Waals surface area contributed by atoms with Crippen molar-refractivity contribution in [2.24, 2.45) is 18.9 Å². The summed E-state index contributed by atoms with van der Waals surface area (Å²) in [7, 11) is 3.27. The second-order valence-electron chi connectivity index (χ2n) is 7.73. The summed E-state index contributed by atoms with van der Waals surface area (Å²) in [4.78, 5) is 25.6. The fraction of sp³-hybridized carbons (Fsp3) is 0.737. The molecule has 1 aromatic rings. The van der Waals surface area contributed by atoms with Gasteiger partial charge in [-0.25, -0.2) is 4.79 Å². The molecule has 0 bridgehead atoms. The number of hydrogen-bond donors (Lipinski definition) is 2. The molecule has 2 N–H and O–H groups in total. The van der Waals surface area contributed by atoms with Crippen molar-refractivity contribution in [3.05, 3.63) is 18.0 Å². The second kappa shape index (κ2) is 9.06. The van der Waals surface area contributed by atoms with Crippen LogP contribution in [0.5, 0.6) is 0 Å². The highest BCUT2D eigenvalue weighted by Gasteiger charge is 2.46. The Labute approximate surface area is 167 Å². The van der Waals surface area contributed by atoms with Gasteiger partial charge in [0.1, 0.15) is 5.54 Å². The van der Waals surface area contributed by atoms with Crippen LogP contribution < -0.4 is 10.6 Å². The van der Waals surface area contributed by atoms with Crippen LogP contribution in [0.2, 0.25) is 0 Å². The van der Waals surface area contributed by atoms with Crippen LogP contribution in [0.1, 0.15) is 50.5 Å². The van der Waals surface area contributed by atoms with Gasteiger partial charge in [-0.3, -0.25) is 9.48 Å². The van der Waals surface area contributed by atoms with E-state index >= 15 is 0 Å². The maximum atomic E-state index is 13.1. The lowest BCUT2D eigenvalue weighted by Crippen LogP contribution is -2.58. The van der Waals surface area contributed by atoms with Crippen LogP contribution in [0.15, 0.2) is 12.4 Å². The van der Waals surface area contributed by atoms with Gasteiger partial charge in [-0.2, -0.15) is 5.10 Å². The maximum absolute atomic E-state index is 13.1. The molecule has 8 heteroatoms. The van der Waals surface area contributed by atoms with Gasteiger partial charge in [0.15, 0.2) is 0 Å². The minimum atomic E-state index is -0.875. The number of halogens is 1. The third-order valence-corrected chi connectivity index (χ3v) is 6.18. The van der Waals surface area contributed by atoms with E-state index in [4.69, 9.17) is 4.74 Å². The Balaban J connectivity index is 0.00000261. The average molecular weight is 399 g/mol. The zero-order valence-electron chi connectivity index (χ0n) is 16.4. The van der Waals surface area contributed by atoms with E-state index in [-0.39, 0.29) is 36.1 Å². The number of hydrogen-bond acceptors (Lipinski definition) is 5. The Morgan fingerprint density at radius 1 is 1.37 bits per heavy atom. The molecule has 1 aromatic heterocycles. The highest BCUT2D eigenvalue weighted by molar-refractivity contribution is 5.89. The Morgan fingerprint density at radius 3 is 2.63 bits per heavy atom. The molecule has 2 heterocycles. The van der Waals surface area contributed by atoms with Gasteiger partial charge in [0.25, 0.3) is 0 Å². The van der Waals surface area contributed by atoms with E-state index in [0.29, 0.717) is 25.3 Å². The van der Waals surface area contributed by atoms with Crippen LogP contribution in [-0.2, 0) is 21.4 Å². The molecule has 152 valence electrons. The first-order valence-electron chi connectivity index (χ1n) is 9.58. The van der Waals surface area contributed by atoms with Crippen molar-refractivity contribution in [2.45, 2.75) is 50.5 Å². The summed E-state index contributed by atoms with van der Waals surface area (Å²) in [6.07, 6.45) is 8.09. The Kier molecular flexibility index (Phi) is 7.28. The number of methoxy groups -OCH3 is 1. The molecule has 27 heavy (non-hydrogen) atoms. The lowest BCUT2D eigenvalue weighted by molar-refractivity contribution is -0.153. The van der Waals surface area contributed by atoms with Crippen molar-refractivity contribution in [3.63, 3.8) is 0 Å². The summed E-state index contributed by atoms with van der Waals surface area (Å²) < 4.78 is 6.81. The molecular formula is C19H31ClN4O3. The van der Waals surface area contributed by atoms with Crippen molar-refractivity contribution >= 4 is 24.3 Å². The van der Waals surface area contributed by atoms with Crippen molar-refractivity contribution in [3.8, 4) is 0 Å². The Bertz CT molecular complexity index is 655. The van der Waals surface area contributed by atoms with Gasteiger partial charge in [-0.1, -0.05) is 13.3 Å². The molecule has 1 saturated carbocycles. The first-order valence-corrected chi connectivity index (χ1v) is 9.58. The van der Waals surface area contributed by atoms with E-state index in [2.05, 4.69) is 22.7 Å². The van der Waals surface area contributed by atoms with E-state index in [9.17, 15) is 9.59 Å². The largest absolute Gasteiger partial charge is 0.467 e. The van der Waals surface area contributed by atoms with Crippen molar-refractivity contribution in [1.29, 1.82) is 0 Å². The molecule has 0 aromatic carbocycles. The highest BCUT2D eigenvalue weighted by Crippen LogP contribution is 2.36. The molecule has 0 radical (unpaired) electrons. The summed E-state index contributed by atoms with van der Waals surface area (Å²) in [5, 5.41) is 10.6. The summed E-state index contributed by atoms with van der Waals surface area (Å²) in [5.74, 6) is 0.115. The van der Waals surface area contributed by atoms with Crippen LogP contribution in [0, 0.1) is 11.8 Å². The first-order chi connectivity index (χ1) is 12.5. The molecule has 3 rings (SSSR count). The van der Waals surface area contributed by atoms with E-state index in [0.717, 1.165) is 31.4 Å². The molecule has 2 fully saturated rings. The summed E-state index contributed by atoms with van der Waals surface area (Å²) >= 11 is 0. The van der Waals surface area contributed by atoms with Gasteiger partial charge in [0.05, 0.1) is 19.2 Å². The van der Waals surface area contributed by atoms with Crippen LogP contribution >= 0.6 is 12.4 Å². The van der Waals surface area contributed by atoms with Crippen LogP contribution in [0.4, 0.5) is 0 Å². The fourth-order valence-corrected chi connectivity index (χ4v) is 4.42. The average Bonchev–Trinajstić information content (AvgIpc) is 3.30. The van der Waals surface area contributed by atoms with Crippen LogP contribution in [0.3, 0.4) is 0 Å². The minimum absolute atomic E-state index is 0. The molecule has 7 nitrogen and oxygen atoms in total. The van der Waals surface area contributed by atoms with Gasteiger partial charge in [0, 0.05) is 32.3 Å². The lowest BCUT2D eigenvalue weighted by atomic mass is 9.75. The highest BCUT2D eigenvalue weighted by atomic mass is 35.5. The first kappa shape index (κ1) is 21.7. The van der Waals surface area contributed by atoms with Gasteiger partial charge < -0.3 is 15.4 Å². The molecule has 1 aliphatic carbocycles. The monoisotopic (exact) mass is 398 g/mol. The topological polar surface area (TPSA) is 85.3 Å². The molecular weight excluding hydrogens is 368 g/mol. The zero-order valence-corrected chi connectivity index (χ0v) is 17.2. The molecule has 0 spiro atoms. The Morgan fingerprint density at radius 2 is 2.07 bits per heavy atom. The molecule has 1 saturated heterocycles. The quantitative estimate of drug-likeness (QED) is 0.738. The smallest absolute Gasteiger partial charge is 0.331 e. The number of esters is 1. The summed E-state index contributed by atoms with van der Waals surface area (Å²) in [6, 6.07) is 0. The number of amides is 1. The van der Waals surface area contributed by atoms with E-state index in [1.807, 2.05) is 19.4 Å².